The standard InChI is InChI=1S/C19H28N6O2/c1-25(11-17-14-4-2-3-5-15(14)23-24-17)18-10-16(13-6-9-27-12-13)21-19(22-18)20-7-8-26/h10,13,26H,2-9,11-12H2,1H3,(H,23,24)(H,20,21,22)/t13-/m0/s1. The summed E-state index contributed by atoms with van der Waals surface area (Å²) in [4.78, 5) is 11.4. The van der Waals surface area contributed by atoms with Crippen molar-refractivity contribution in [3.63, 3.8) is 0 Å². The highest BCUT2D eigenvalue weighted by atomic mass is 16.5. The molecule has 4 rings (SSSR count). The lowest BCUT2D eigenvalue weighted by molar-refractivity contribution is 0.193. The van der Waals surface area contributed by atoms with E-state index < -0.39 is 0 Å². The first-order valence-electron chi connectivity index (χ1n) is 9.82. The summed E-state index contributed by atoms with van der Waals surface area (Å²) in [7, 11) is 2.04. The van der Waals surface area contributed by atoms with Crippen LogP contribution in [-0.4, -0.2) is 58.7 Å². The molecule has 2 aromatic rings. The van der Waals surface area contributed by atoms with Crippen LogP contribution in [0.15, 0.2) is 6.07 Å². The summed E-state index contributed by atoms with van der Waals surface area (Å²) in [6.45, 7) is 2.67. The minimum Gasteiger partial charge on any atom is -0.395 e. The Morgan fingerprint density at radius 3 is 3.04 bits per heavy atom. The van der Waals surface area contributed by atoms with Gasteiger partial charge >= 0.3 is 0 Å². The van der Waals surface area contributed by atoms with E-state index in [0.717, 1.165) is 43.1 Å². The number of anilines is 2. The fourth-order valence-corrected chi connectivity index (χ4v) is 3.86. The highest BCUT2D eigenvalue weighted by molar-refractivity contribution is 5.46. The van der Waals surface area contributed by atoms with Crippen LogP contribution in [0.1, 0.15) is 47.8 Å². The number of nitrogens with zero attached hydrogens (tertiary/aromatic N) is 4. The van der Waals surface area contributed by atoms with Crippen molar-refractivity contribution >= 4 is 11.8 Å². The molecule has 0 aromatic carbocycles. The quantitative estimate of drug-likeness (QED) is 0.679. The van der Waals surface area contributed by atoms with E-state index in [1.807, 2.05) is 7.05 Å². The van der Waals surface area contributed by atoms with Crippen molar-refractivity contribution in [2.24, 2.45) is 0 Å². The summed E-state index contributed by atoms with van der Waals surface area (Å²) < 4.78 is 5.53. The van der Waals surface area contributed by atoms with Crippen LogP contribution in [0.5, 0.6) is 0 Å². The molecule has 0 amide bonds. The largest absolute Gasteiger partial charge is 0.395 e. The molecule has 3 N–H and O–H groups in total. The Balaban J connectivity index is 1.57. The van der Waals surface area contributed by atoms with Crippen molar-refractivity contribution < 1.29 is 9.84 Å². The zero-order valence-corrected chi connectivity index (χ0v) is 15.9. The molecule has 2 aliphatic rings. The van der Waals surface area contributed by atoms with Crippen LogP contribution in [0.4, 0.5) is 11.8 Å². The van der Waals surface area contributed by atoms with Crippen molar-refractivity contribution in [2.75, 3.05) is 43.6 Å². The molecule has 1 aliphatic heterocycles. The van der Waals surface area contributed by atoms with Gasteiger partial charge in [-0.25, -0.2) is 4.98 Å². The van der Waals surface area contributed by atoms with Crippen LogP contribution in [0.3, 0.4) is 0 Å². The number of rotatable bonds is 7. The zero-order chi connectivity index (χ0) is 18.6. The second-order valence-electron chi connectivity index (χ2n) is 7.38. The van der Waals surface area contributed by atoms with Crippen LogP contribution in [-0.2, 0) is 24.1 Å². The molecule has 1 fully saturated rings. The summed E-state index contributed by atoms with van der Waals surface area (Å²) >= 11 is 0. The number of aromatic nitrogens is 4. The van der Waals surface area contributed by atoms with Gasteiger partial charge in [-0.1, -0.05) is 0 Å². The maximum absolute atomic E-state index is 9.11. The first-order chi connectivity index (χ1) is 13.2. The number of aryl methyl sites for hydroxylation is 1. The summed E-state index contributed by atoms with van der Waals surface area (Å²) in [5.41, 5.74) is 4.78. The van der Waals surface area contributed by atoms with E-state index in [4.69, 9.17) is 9.84 Å². The number of aliphatic hydroxyl groups is 1. The molecule has 0 radical (unpaired) electrons. The fourth-order valence-electron chi connectivity index (χ4n) is 3.86. The van der Waals surface area contributed by atoms with Crippen LogP contribution in [0, 0.1) is 0 Å². The van der Waals surface area contributed by atoms with Crippen LogP contribution < -0.4 is 10.2 Å². The number of aliphatic hydroxyl groups excluding tert-OH is 1. The van der Waals surface area contributed by atoms with E-state index in [9.17, 15) is 0 Å². The van der Waals surface area contributed by atoms with E-state index in [2.05, 4.69) is 36.4 Å². The van der Waals surface area contributed by atoms with E-state index in [-0.39, 0.29) is 6.61 Å². The molecule has 2 aromatic heterocycles. The fraction of sp³-hybridized carbons (Fsp3) is 0.632. The molecule has 146 valence electrons. The molecule has 0 bridgehead atoms. The number of aromatic amines is 1. The second kappa shape index (κ2) is 8.22. The molecule has 27 heavy (non-hydrogen) atoms. The Bertz CT molecular complexity index is 772. The first-order valence-corrected chi connectivity index (χ1v) is 9.82. The van der Waals surface area contributed by atoms with Gasteiger partial charge in [-0.2, -0.15) is 10.1 Å². The smallest absolute Gasteiger partial charge is 0.224 e. The molecule has 1 atom stereocenters. The Hall–Kier alpha value is -2.19. The van der Waals surface area contributed by atoms with Crippen molar-refractivity contribution in [2.45, 2.75) is 44.6 Å². The summed E-state index contributed by atoms with van der Waals surface area (Å²) in [5, 5.41) is 20.0. The number of H-pyrrole nitrogens is 1. The van der Waals surface area contributed by atoms with Crippen molar-refractivity contribution in [1.29, 1.82) is 0 Å². The molecule has 0 spiro atoms. The van der Waals surface area contributed by atoms with Gasteiger partial charge in [0.2, 0.25) is 5.95 Å². The third-order valence-electron chi connectivity index (χ3n) is 5.40. The highest BCUT2D eigenvalue weighted by Crippen LogP contribution is 2.28. The topological polar surface area (TPSA) is 99.2 Å². The number of nitrogens with one attached hydrogen (secondary N) is 2. The molecule has 0 unspecified atom stereocenters. The van der Waals surface area contributed by atoms with Crippen LogP contribution in [0.25, 0.3) is 0 Å². The van der Waals surface area contributed by atoms with Crippen LogP contribution in [0.2, 0.25) is 0 Å². The van der Waals surface area contributed by atoms with E-state index in [0.29, 0.717) is 31.6 Å². The number of fused-ring (bicyclic) bond motifs is 1. The normalized spacial score (nSPS) is 19.1. The molecule has 1 aliphatic carbocycles. The Morgan fingerprint density at radius 1 is 1.33 bits per heavy atom. The second-order valence-corrected chi connectivity index (χ2v) is 7.38. The van der Waals surface area contributed by atoms with Crippen molar-refractivity contribution in [3.05, 3.63) is 28.7 Å². The Morgan fingerprint density at radius 2 is 2.22 bits per heavy atom. The lowest BCUT2D eigenvalue weighted by Crippen LogP contribution is -2.21. The predicted octanol–water partition coefficient (Wildman–Crippen LogP) is 1.62. The number of ether oxygens (including phenoxy) is 1. The molecule has 0 saturated carbocycles. The van der Waals surface area contributed by atoms with Gasteiger partial charge in [0.15, 0.2) is 0 Å². The number of hydrogen-bond donors (Lipinski definition) is 3. The van der Waals surface area contributed by atoms with Crippen molar-refractivity contribution in [3.8, 4) is 0 Å². The summed E-state index contributed by atoms with van der Waals surface area (Å²) in [5.74, 6) is 1.72. The molecular weight excluding hydrogens is 344 g/mol. The lowest BCUT2D eigenvalue weighted by atomic mass is 9.96. The van der Waals surface area contributed by atoms with Crippen molar-refractivity contribution in [1.82, 2.24) is 20.2 Å². The van der Waals surface area contributed by atoms with Gasteiger partial charge in [0.1, 0.15) is 5.82 Å². The summed E-state index contributed by atoms with van der Waals surface area (Å²) in [6.07, 6.45) is 5.65. The monoisotopic (exact) mass is 372 g/mol. The minimum absolute atomic E-state index is 0.0463. The molecule has 8 heteroatoms. The van der Waals surface area contributed by atoms with Gasteiger partial charge < -0.3 is 20.1 Å². The first kappa shape index (κ1) is 18.2. The van der Waals surface area contributed by atoms with Gasteiger partial charge in [-0.05, 0) is 37.7 Å². The van der Waals surface area contributed by atoms with E-state index in [1.165, 1.54) is 24.1 Å². The SMILES string of the molecule is CN(Cc1n[nH]c2c1CCCC2)c1cc([C@H]2CCOC2)nc(NCCO)n1. The van der Waals surface area contributed by atoms with E-state index >= 15 is 0 Å². The van der Waals surface area contributed by atoms with Gasteiger partial charge in [0, 0.05) is 37.9 Å². The molecule has 8 nitrogen and oxygen atoms in total. The lowest BCUT2D eigenvalue weighted by Gasteiger charge is -2.21. The Labute approximate surface area is 159 Å². The third-order valence-corrected chi connectivity index (χ3v) is 5.40. The Kier molecular flexibility index (Phi) is 5.54. The predicted molar refractivity (Wildman–Crippen MR) is 103 cm³/mol. The average molecular weight is 372 g/mol. The maximum Gasteiger partial charge on any atom is 0.224 e. The number of hydrogen-bond acceptors (Lipinski definition) is 7. The molecule has 3 heterocycles. The average Bonchev–Trinajstić information content (AvgIpc) is 3.37. The van der Waals surface area contributed by atoms with Gasteiger partial charge in [-0.15, -0.1) is 0 Å². The zero-order valence-electron chi connectivity index (χ0n) is 15.9. The van der Waals surface area contributed by atoms with Gasteiger partial charge in [0.25, 0.3) is 0 Å². The molecular formula is C19H28N6O2. The summed E-state index contributed by atoms with van der Waals surface area (Å²) in [6, 6.07) is 2.06. The third kappa shape index (κ3) is 4.06. The minimum atomic E-state index is 0.0463. The highest BCUT2D eigenvalue weighted by Gasteiger charge is 2.23. The molecule has 1 saturated heterocycles. The van der Waals surface area contributed by atoms with Crippen LogP contribution >= 0.6 is 0 Å². The van der Waals surface area contributed by atoms with Gasteiger partial charge in [-0.3, -0.25) is 5.10 Å². The maximum atomic E-state index is 9.11. The van der Waals surface area contributed by atoms with Gasteiger partial charge in [0.05, 0.1) is 31.1 Å². The van der Waals surface area contributed by atoms with E-state index in [1.54, 1.807) is 0 Å².